The Bertz CT molecular complexity index is 788. The van der Waals surface area contributed by atoms with Gasteiger partial charge < -0.3 is 14.6 Å². The molecule has 3 aromatic rings. The number of hydrogen-bond acceptors (Lipinski definition) is 5. The zero-order valence-electron chi connectivity index (χ0n) is 13.2. The van der Waals surface area contributed by atoms with Gasteiger partial charge in [0.15, 0.2) is 6.10 Å². The summed E-state index contributed by atoms with van der Waals surface area (Å²) in [5, 5.41) is 6.63. The van der Waals surface area contributed by atoms with Crippen molar-refractivity contribution in [2.24, 2.45) is 0 Å². The minimum Gasteiger partial charge on any atom is -0.481 e. The van der Waals surface area contributed by atoms with Crippen molar-refractivity contribution in [3.05, 3.63) is 66.6 Å². The highest BCUT2D eigenvalue weighted by atomic mass is 16.5. The van der Waals surface area contributed by atoms with Crippen LogP contribution in [0.3, 0.4) is 0 Å². The molecule has 1 aromatic heterocycles. The Labute approximate surface area is 139 Å². The minimum atomic E-state index is -0.621. The molecule has 0 aliphatic rings. The second-order valence-corrected chi connectivity index (χ2v) is 5.17. The van der Waals surface area contributed by atoms with E-state index in [9.17, 15) is 4.79 Å². The lowest BCUT2D eigenvalue weighted by atomic mass is 10.2. The molecule has 24 heavy (non-hydrogen) atoms. The van der Waals surface area contributed by atoms with Gasteiger partial charge in [0.25, 0.3) is 5.91 Å². The second-order valence-electron chi connectivity index (χ2n) is 5.17. The van der Waals surface area contributed by atoms with Crippen LogP contribution in [0.25, 0.3) is 11.4 Å². The molecule has 2 aromatic carbocycles. The lowest BCUT2D eigenvalue weighted by molar-refractivity contribution is -0.127. The fourth-order valence-corrected chi connectivity index (χ4v) is 2.09. The maximum Gasteiger partial charge on any atom is 0.261 e. The summed E-state index contributed by atoms with van der Waals surface area (Å²) in [5.74, 6) is 1.23. The Morgan fingerprint density at radius 3 is 2.50 bits per heavy atom. The van der Waals surface area contributed by atoms with Crippen LogP contribution in [0.1, 0.15) is 12.8 Å². The molecule has 1 amide bonds. The quantitative estimate of drug-likeness (QED) is 0.755. The van der Waals surface area contributed by atoms with Crippen molar-refractivity contribution in [2.75, 3.05) is 0 Å². The van der Waals surface area contributed by atoms with Crippen molar-refractivity contribution in [3.63, 3.8) is 0 Å². The summed E-state index contributed by atoms with van der Waals surface area (Å²) in [4.78, 5) is 16.3. The Morgan fingerprint density at radius 1 is 1.12 bits per heavy atom. The molecule has 1 heterocycles. The number of nitrogens with one attached hydrogen (secondary N) is 1. The number of para-hydroxylation sites is 1. The van der Waals surface area contributed by atoms with Gasteiger partial charge in [-0.05, 0) is 19.1 Å². The monoisotopic (exact) mass is 323 g/mol. The molecule has 0 fully saturated rings. The lowest BCUT2D eigenvalue weighted by Gasteiger charge is -2.13. The van der Waals surface area contributed by atoms with E-state index in [-0.39, 0.29) is 12.5 Å². The molecule has 3 rings (SSSR count). The molecule has 1 atom stereocenters. The van der Waals surface area contributed by atoms with Gasteiger partial charge in [0.1, 0.15) is 5.75 Å². The molecule has 0 unspecified atom stereocenters. The molecule has 0 bridgehead atoms. The predicted molar refractivity (Wildman–Crippen MR) is 88.1 cm³/mol. The van der Waals surface area contributed by atoms with Crippen molar-refractivity contribution in [3.8, 4) is 17.1 Å². The molecule has 0 aliphatic heterocycles. The molecule has 122 valence electrons. The Hall–Kier alpha value is -3.15. The highest BCUT2D eigenvalue weighted by Gasteiger charge is 2.16. The maximum absolute atomic E-state index is 12.1. The van der Waals surface area contributed by atoms with Gasteiger partial charge in [-0.15, -0.1) is 0 Å². The molecular formula is C18H17N3O3. The molecular weight excluding hydrogens is 306 g/mol. The normalized spacial score (nSPS) is 11.7. The third-order valence-corrected chi connectivity index (χ3v) is 3.34. The highest BCUT2D eigenvalue weighted by molar-refractivity contribution is 5.80. The van der Waals surface area contributed by atoms with Crippen molar-refractivity contribution >= 4 is 5.91 Å². The van der Waals surface area contributed by atoms with Crippen LogP contribution in [-0.4, -0.2) is 22.2 Å². The second kappa shape index (κ2) is 7.41. The molecule has 0 saturated heterocycles. The number of ether oxygens (including phenoxy) is 1. The van der Waals surface area contributed by atoms with Gasteiger partial charge in [-0.2, -0.15) is 4.98 Å². The summed E-state index contributed by atoms with van der Waals surface area (Å²) in [6, 6.07) is 18.7. The van der Waals surface area contributed by atoms with E-state index < -0.39 is 6.10 Å². The average Bonchev–Trinajstić information content (AvgIpc) is 3.10. The van der Waals surface area contributed by atoms with Gasteiger partial charge in [-0.3, -0.25) is 4.79 Å². The van der Waals surface area contributed by atoms with Crippen molar-refractivity contribution in [1.82, 2.24) is 15.5 Å². The lowest BCUT2D eigenvalue weighted by Crippen LogP contribution is -2.35. The summed E-state index contributed by atoms with van der Waals surface area (Å²) in [5.41, 5.74) is 0.861. The van der Waals surface area contributed by atoms with E-state index in [1.807, 2.05) is 48.5 Å². The zero-order chi connectivity index (χ0) is 16.8. The first-order valence-electron chi connectivity index (χ1n) is 7.60. The average molecular weight is 323 g/mol. The van der Waals surface area contributed by atoms with E-state index in [0.29, 0.717) is 17.5 Å². The summed E-state index contributed by atoms with van der Waals surface area (Å²) >= 11 is 0. The number of carbonyl (C=O) groups excluding carboxylic acids is 1. The van der Waals surface area contributed by atoms with Gasteiger partial charge in [0.2, 0.25) is 11.7 Å². The molecule has 0 spiro atoms. The fourth-order valence-electron chi connectivity index (χ4n) is 2.09. The van der Waals surface area contributed by atoms with Crippen LogP contribution in [0, 0.1) is 0 Å². The number of amides is 1. The summed E-state index contributed by atoms with van der Waals surface area (Å²) in [6.45, 7) is 1.84. The van der Waals surface area contributed by atoms with Crippen LogP contribution in [0.4, 0.5) is 0 Å². The van der Waals surface area contributed by atoms with E-state index in [0.717, 1.165) is 5.56 Å². The van der Waals surface area contributed by atoms with E-state index in [2.05, 4.69) is 15.5 Å². The molecule has 6 heteroatoms. The third-order valence-electron chi connectivity index (χ3n) is 3.34. The first kappa shape index (κ1) is 15.7. The third kappa shape index (κ3) is 3.98. The van der Waals surface area contributed by atoms with Gasteiger partial charge in [0, 0.05) is 5.56 Å². The van der Waals surface area contributed by atoms with Crippen LogP contribution in [0.2, 0.25) is 0 Å². The van der Waals surface area contributed by atoms with E-state index in [1.54, 1.807) is 19.1 Å². The summed E-state index contributed by atoms with van der Waals surface area (Å²) < 4.78 is 10.7. The first-order valence-corrected chi connectivity index (χ1v) is 7.60. The van der Waals surface area contributed by atoms with Crippen molar-refractivity contribution < 1.29 is 14.1 Å². The van der Waals surface area contributed by atoms with E-state index in [1.165, 1.54) is 0 Å². The van der Waals surface area contributed by atoms with Crippen LogP contribution < -0.4 is 10.1 Å². The topological polar surface area (TPSA) is 77.2 Å². The molecule has 0 saturated carbocycles. The van der Waals surface area contributed by atoms with Crippen molar-refractivity contribution in [2.45, 2.75) is 19.6 Å². The summed E-state index contributed by atoms with van der Waals surface area (Å²) in [7, 11) is 0. The zero-order valence-corrected chi connectivity index (χ0v) is 13.2. The number of carbonyl (C=O) groups is 1. The minimum absolute atomic E-state index is 0.154. The van der Waals surface area contributed by atoms with E-state index in [4.69, 9.17) is 9.26 Å². The number of hydrogen-bond donors (Lipinski definition) is 1. The van der Waals surface area contributed by atoms with Crippen LogP contribution in [0.5, 0.6) is 5.75 Å². The number of benzene rings is 2. The highest BCUT2D eigenvalue weighted by Crippen LogP contribution is 2.15. The number of rotatable bonds is 6. The Balaban J connectivity index is 1.54. The summed E-state index contributed by atoms with van der Waals surface area (Å²) in [6.07, 6.45) is -0.621. The van der Waals surface area contributed by atoms with Gasteiger partial charge in [-0.1, -0.05) is 53.7 Å². The largest absolute Gasteiger partial charge is 0.481 e. The van der Waals surface area contributed by atoms with Crippen molar-refractivity contribution in [1.29, 1.82) is 0 Å². The standard InChI is InChI=1S/C18H17N3O3/c1-13(23-15-10-6-3-7-11-15)18(22)19-12-16-20-17(21-24-16)14-8-4-2-5-9-14/h2-11,13H,12H2,1H3,(H,19,22)/t13-/m1/s1. The predicted octanol–water partition coefficient (Wildman–Crippen LogP) is 2.82. The SMILES string of the molecule is C[C@@H](Oc1ccccc1)C(=O)NCc1nc(-c2ccccc2)no1. The molecule has 0 aliphatic carbocycles. The molecule has 6 nitrogen and oxygen atoms in total. The van der Waals surface area contributed by atoms with Crippen LogP contribution in [0.15, 0.2) is 65.2 Å². The van der Waals surface area contributed by atoms with Crippen LogP contribution in [-0.2, 0) is 11.3 Å². The fraction of sp³-hybridized carbons (Fsp3) is 0.167. The molecule has 0 radical (unpaired) electrons. The van der Waals surface area contributed by atoms with Gasteiger partial charge >= 0.3 is 0 Å². The number of aromatic nitrogens is 2. The van der Waals surface area contributed by atoms with Gasteiger partial charge in [-0.25, -0.2) is 0 Å². The maximum atomic E-state index is 12.1. The Morgan fingerprint density at radius 2 is 1.79 bits per heavy atom. The number of nitrogens with zero attached hydrogens (tertiary/aromatic N) is 2. The Kier molecular flexibility index (Phi) is 4.86. The first-order chi connectivity index (χ1) is 11.7. The van der Waals surface area contributed by atoms with E-state index >= 15 is 0 Å². The van der Waals surface area contributed by atoms with Gasteiger partial charge in [0.05, 0.1) is 6.54 Å². The smallest absolute Gasteiger partial charge is 0.261 e. The molecule has 1 N–H and O–H groups in total. The van der Waals surface area contributed by atoms with Crippen LogP contribution >= 0.6 is 0 Å².